The van der Waals surface area contributed by atoms with E-state index in [1.54, 1.807) is 6.07 Å². The molecule has 1 saturated heterocycles. The molecule has 110 valence electrons. The fraction of sp³-hybridized carbons (Fsp3) is 0.667. The molecule has 1 aliphatic heterocycles. The van der Waals surface area contributed by atoms with E-state index in [1.807, 2.05) is 6.07 Å². The molecule has 2 fully saturated rings. The van der Waals surface area contributed by atoms with Crippen LogP contribution in [0.2, 0.25) is 0 Å². The van der Waals surface area contributed by atoms with Gasteiger partial charge in [0.05, 0.1) is 19.3 Å². The Morgan fingerprint density at radius 3 is 2.95 bits per heavy atom. The van der Waals surface area contributed by atoms with Gasteiger partial charge in [0.1, 0.15) is 5.76 Å². The maximum atomic E-state index is 11.4. The number of hydrogen-bond donors (Lipinski definition) is 1. The molecule has 0 aromatic carbocycles. The van der Waals surface area contributed by atoms with Crippen molar-refractivity contribution in [2.45, 2.75) is 31.9 Å². The predicted molar refractivity (Wildman–Crippen MR) is 72.3 cm³/mol. The average Bonchev–Trinajstić information content (AvgIpc) is 3.14. The molecule has 1 aliphatic carbocycles. The van der Waals surface area contributed by atoms with Crippen LogP contribution in [0.3, 0.4) is 0 Å². The van der Waals surface area contributed by atoms with Crippen LogP contribution in [0.15, 0.2) is 16.5 Å². The zero-order chi connectivity index (χ0) is 14.3. The molecule has 0 spiro atoms. The molecule has 1 aromatic rings. The average molecular weight is 279 g/mol. The lowest BCUT2D eigenvalue weighted by Gasteiger charge is -2.23. The van der Waals surface area contributed by atoms with Gasteiger partial charge in [0.15, 0.2) is 0 Å². The summed E-state index contributed by atoms with van der Waals surface area (Å²) in [5, 5.41) is 9.97. The molecule has 2 heterocycles. The van der Waals surface area contributed by atoms with Crippen LogP contribution in [0.25, 0.3) is 0 Å². The van der Waals surface area contributed by atoms with Crippen molar-refractivity contribution in [2.24, 2.45) is 11.8 Å². The van der Waals surface area contributed by atoms with Crippen LogP contribution in [-0.2, 0) is 4.74 Å². The van der Waals surface area contributed by atoms with Gasteiger partial charge < -0.3 is 14.3 Å². The fourth-order valence-electron chi connectivity index (χ4n) is 3.55. The van der Waals surface area contributed by atoms with Crippen molar-refractivity contribution in [3.05, 3.63) is 23.7 Å². The van der Waals surface area contributed by atoms with Crippen LogP contribution in [0.5, 0.6) is 0 Å². The topological polar surface area (TPSA) is 62.9 Å². The smallest absolute Gasteiger partial charge is 0.373 e. The number of hydrogen-bond acceptors (Lipinski definition) is 5. The first-order valence-electron chi connectivity index (χ1n) is 7.20. The predicted octanol–water partition coefficient (Wildman–Crippen LogP) is 1.83. The van der Waals surface area contributed by atoms with E-state index in [9.17, 15) is 9.90 Å². The Balaban J connectivity index is 1.69. The Bertz CT molecular complexity index is 498. The van der Waals surface area contributed by atoms with Crippen LogP contribution in [0, 0.1) is 11.8 Å². The van der Waals surface area contributed by atoms with E-state index >= 15 is 0 Å². The monoisotopic (exact) mass is 279 g/mol. The van der Waals surface area contributed by atoms with Crippen molar-refractivity contribution in [1.29, 1.82) is 0 Å². The van der Waals surface area contributed by atoms with E-state index in [-0.39, 0.29) is 17.9 Å². The number of aliphatic hydroxyl groups excluding tert-OH is 1. The molecule has 0 bridgehead atoms. The molecule has 4 unspecified atom stereocenters. The van der Waals surface area contributed by atoms with Crippen LogP contribution in [0.4, 0.5) is 0 Å². The molecule has 2 aliphatic rings. The van der Waals surface area contributed by atoms with Crippen LogP contribution in [-0.4, -0.2) is 42.3 Å². The molecule has 1 saturated carbocycles. The number of rotatable bonds is 3. The SMILES string of the molecule is COC(=O)c1ccc(C(C)N2CC3CCC(O)C3C2)o1. The minimum Gasteiger partial charge on any atom is -0.463 e. The maximum Gasteiger partial charge on any atom is 0.373 e. The van der Waals surface area contributed by atoms with Crippen LogP contribution < -0.4 is 0 Å². The second-order valence-electron chi connectivity index (χ2n) is 5.89. The lowest BCUT2D eigenvalue weighted by Crippen LogP contribution is -2.27. The van der Waals surface area contributed by atoms with E-state index in [2.05, 4.69) is 16.6 Å². The Morgan fingerprint density at radius 2 is 2.25 bits per heavy atom. The minimum absolute atomic E-state index is 0.117. The third kappa shape index (κ3) is 2.25. The number of ether oxygens (including phenoxy) is 1. The Morgan fingerprint density at radius 1 is 1.45 bits per heavy atom. The van der Waals surface area contributed by atoms with Gasteiger partial charge in [-0.25, -0.2) is 4.79 Å². The summed E-state index contributed by atoms with van der Waals surface area (Å²) >= 11 is 0. The highest BCUT2D eigenvalue weighted by Crippen LogP contribution is 2.41. The number of esters is 1. The van der Waals surface area contributed by atoms with Crippen molar-refractivity contribution < 1.29 is 19.1 Å². The number of methoxy groups -OCH3 is 1. The van der Waals surface area contributed by atoms with Gasteiger partial charge in [-0.05, 0) is 37.8 Å². The first-order chi connectivity index (χ1) is 9.60. The third-order valence-electron chi connectivity index (χ3n) is 4.82. The van der Waals surface area contributed by atoms with E-state index < -0.39 is 5.97 Å². The minimum atomic E-state index is -0.447. The Hall–Kier alpha value is -1.33. The molecule has 5 heteroatoms. The van der Waals surface area contributed by atoms with E-state index in [1.165, 1.54) is 7.11 Å². The van der Waals surface area contributed by atoms with Gasteiger partial charge in [0.25, 0.3) is 0 Å². The lowest BCUT2D eigenvalue weighted by atomic mass is 10.00. The van der Waals surface area contributed by atoms with Gasteiger partial charge >= 0.3 is 5.97 Å². The molecule has 20 heavy (non-hydrogen) atoms. The summed E-state index contributed by atoms with van der Waals surface area (Å²) in [5.41, 5.74) is 0. The lowest BCUT2D eigenvalue weighted by molar-refractivity contribution is 0.0559. The van der Waals surface area contributed by atoms with Gasteiger partial charge in [-0.3, -0.25) is 4.90 Å². The summed E-state index contributed by atoms with van der Waals surface area (Å²) in [5.74, 6) is 1.57. The van der Waals surface area contributed by atoms with Gasteiger partial charge in [0, 0.05) is 19.0 Å². The number of carbonyl (C=O) groups is 1. The van der Waals surface area contributed by atoms with E-state index in [4.69, 9.17) is 4.42 Å². The van der Waals surface area contributed by atoms with Gasteiger partial charge in [-0.1, -0.05) is 0 Å². The summed E-state index contributed by atoms with van der Waals surface area (Å²) in [6, 6.07) is 3.61. The number of nitrogens with zero attached hydrogens (tertiary/aromatic N) is 1. The van der Waals surface area contributed by atoms with E-state index in [0.717, 1.165) is 31.7 Å². The fourth-order valence-corrected chi connectivity index (χ4v) is 3.55. The molecule has 0 radical (unpaired) electrons. The van der Waals surface area contributed by atoms with Crippen molar-refractivity contribution >= 4 is 5.97 Å². The van der Waals surface area contributed by atoms with Gasteiger partial charge in [-0.15, -0.1) is 0 Å². The molecule has 1 N–H and O–H groups in total. The van der Waals surface area contributed by atoms with Crippen LogP contribution >= 0.6 is 0 Å². The zero-order valence-corrected chi connectivity index (χ0v) is 11.9. The van der Waals surface area contributed by atoms with Crippen molar-refractivity contribution in [3.8, 4) is 0 Å². The molecule has 0 amide bonds. The number of furan rings is 1. The van der Waals surface area contributed by atoms with Gasteiger partial charge in [-0.2, -0.15) is 0 Å². The second-order valence-corrected chi connectivity index (χ2v) is 5.89. The highest BCUT2D eigenvalue weighted by atomic mass is 16.5. The standard InChI is InChI=1S/C15H21NO4/c1-9(13-5-6-14(20-13)15(18)19-2)16-7-10-3-4-12(17)11(10)8-16/h5-6,9-12,17H,3-4,7-8H2,1-2H3. The summed E-state index contributed by atoms with van der Waals surface area (Å²) in [7, 11) is 1.34. The number of fused-ring (bicyclic) bond motifs is 1. The summed E-state index contributed by atoms with van der Waals surface area (Å²) < 4.78 is 10.2. The van der Waals surface area contributed by atoms with Crippen molar-refractivity contribution in [3.63, 3.8) is 0 Å². The molecule has 4 atom stereocenters. The number of aliphatic hydroxyl groups is 1. The summed E-state index contributed by atoms with van der Waals surface area (Å²) in [4.78, 5) is 13.7. The first kappa shape index (κ1) is 13.6. The maximum absolute atomic E-state index is 11.4. The second kappa shape index (κ2) is 5.22. The Labute approximate surface area is 118 Å². The molecular weight excluding hydrogens is 258 g/mol. The largest absolute Gasteiger partial charge is 0.463 e. The van der Waals surface area contributed by atoms with Gasteiger partial charge in [0.2, 0.25) is 5.76 Å². The molecule has 3 rings (SSSR count). The van der Waals surface area contributed by atoms with E-state index in [0.29, 0.717) is 11.8 Å². The first-order valence-corrected chi connectivity index (χ1v) is 7.20. The van der Waals surface area contributed by atoms with Crippen LogP contribution in [0.1, 0.15) is 42.1 Å². The molecular formula is C15H21NO4. The Kier molecular flexibility index (Phi) is 3.56. The quantitative estimate of drug-likeness (QED) is 0.855. The third-order valence-corrected chi connectivity index (χ3v) is 4.82. The normalized spacial score (nSPS) is 31.2. The number of carbonyl (C=O) groups excluding carboxylic acids is 1. The summed E-state index contributed by atoms with van der Waals surface area (Å²) in [6.45, 7) is 3.98. The van der Waals surface area contributed by atoms with Crippen molar-refractivity contribution in [1.82, 2.24) is 4.90 Å². The zero-order valence-electron chi connectivity index (χ0n) is 11.9. The highest BCUT2D eigenvalue weighted by Gasteiger charge is 2.43. The summed E-state index contributed by atoms with van der Waals surface area (Å²) in [6.07, 6.45) is 1.89. The van der Waals surface area contributed by atoms with Crippen molar-refractivity contribution in [2.75, 3.05) is 20.2 Å². The molecule has 1 aromatic heterocycles. The highest BCUT2D eigenvalue weighted by molar-refractivity contribution is 5.86. The molecule has 5 nitrogen and oxygen atoms in total. The number of likely N-dealkylation sites (tertiary alicyclic amines) is 1.